The number of hydrogen-bond acceptors (Lipinski definition) is 7. The van der Waals surface area contributed by atoms with Crippen LogP contribution in [-0.2, 0) is 21.1 Å². The standard InChI is InChI=1S/C19H19N3O6S2/c1-3-28-11-10-21-16-12-14(22(24)25)6-9-17(16)29-19(21)20-18(23)13-4-7-15(8-5-13)30(2,26)27/h4-9,12H,3,10-11H2,1-2H3. The number of nitro groups is 1. The summed E-state index contributed by atoms with van der Waals surface area (Å²) < 4.78 is 31.0. The van der Waals surface area contributed by atoms with Crippen LogP contribution in [0, 0.1) is 10.1 Å². The zero-order valence-corrected chi connectivity index (χ0v) is 17.9. The number of aromatic nitrogens is 1. The number of amides is 1. The van der Waals surface area contributed by atoms with E-state index in [2.05, 4.69) is 4.99 Å². The molecule has 1 aromatic heterocycles. The molecule has 9 nitrogen and oxygen atoms in total. The lowest BCUT2D eigenvalue weighted by molar-refractivity contribution is -0.384. The number of rotatable bonds is 7. The first-order valence-electron chi connectivity index (χ1n) is 8.95. The van der Waals surface area contributed by atoms with Crippen LogP contribution in [0.25, 0.3) is 10.2 Å². The normalized spacial score (nSPS) is 12.4. The van der Waals surface area contributed by atoms with Crippen LogP contribution < -0.4 is 4.80 Å². The topological polar surface area (TPSA) is 121 Å². The van der Waals surface area contributed by atoms with Gasteiger partial charge in [-0.05, 0) is 37.3 Å². The van der Waals surface area contributed by atoms with E-state index in [9.17, 15) is 23.3 Å². The highest BCUT2D eigenvalue weighted by atomic mass is 32.2. The lowest BCUT2D eigenvalue weighted by atomic mass is 10.2. The Bertz CT molecular complexity index is 1270. The molecular weight excluding hydrogens is 430 g/mol. The molecule has 0 unspecified atom stereocenters. The number of thiazole rings is 1. The van der Waals surface area contributed by atoms with Crippen molar-refractivity contribution in [2.75, 3.05) is 19.5 Å². The minimum atomic E-state index is -3.37. The summed E-state index contributed by atoms with van der Waals surface area (Å²) in [5, 5.41) is 11.1. The molecule has 1 amide bonds. The fourth-order valence-electron chi connectivity index (χ4n) is 2.77. The summed E-state index contributed by atoms with van der Waals surface area (Å²) in [4.78, 5) is 28.0. The maximum atomic E-state index is 12.6. The van der Waals surface area contributed by atoms with E-state index < -0.39 is 20.7 Å². The number of ether oxygens (including phenoxy) is 1. The highest BCUT2D eigenvalue weighted by Gasteiger charge is 2.14. The monoisotopic (exact) mass is 449 g/mol. The van der Waals surface area contributed by atoms with Gasteiger partial charge in [0, 0.05) is 37.1 Å². The Balaban J connectivity index is 2.06. The van der Waals surface area contributed by atoms with Gasteiger partial charge in [0.2, 0.25) is 0 Å². The highest BCUT2D eigenvalue weighted by molar-refractivity contribution is 7.90. The van der Waals surface area contributed by atoms with Crippen LogP contribution in [0.1, 0.15) is 17.3 Å². The Morgan fingerprint density at radius 3 is 2.53 bits per heavy atom. The average Bonchev–Trinajstić information content (AvgIpc) is 3.04. The molecule has 0 fully saturated rings. The van der Waals surface area contributed by atoms with Crippen molar-refractivity contribution in [3.63, 3.8) is 0 Å². The molecule has 0 spiro atoms. The zero-order chi connectivity index (χ0) is 21.9. The maximum absolute atomic E-state index is 12.6. The number of non-ortho nitro benzene ring substituents is 1. The lowest BCUT2D eigenvalue weighted by Gasteiger charge is -2.05. The zero-order valence-electron chi connectivity index (χ0n) is 16.3. The lowest BCUT2D eigenvalue weighted by Crippen LogP contribution is -2.19. The van der Waals surface area contributed by atoms with E-state index in [0.29, 0.717) is 30.1 Å². The summed E-state index contributed by atoms with van der Waals surface area (Å²) in [5.74, 6) is -0.540. The second-order valence-corrected chi connectivity index (χ2v) is 9.38. The number of benzene rings is 2. The smallest absolute Gasteiger partial charge is 0.279 e. The number of fused-ring (bicyclic) bond motifs is 1. The molecule has 0 radical (unpaired) electrons. The molecule has 0 saturated heterocycles. The first kappa shape index (κ1) is 21.8. The fourth-order valence-corrected chi connectivity index (χ4v) is 4.43. The van der Waals surface area contributed by atoms with E-state index in [4.69, 9.17) is 4.74 Å². The van der Waals surface area contributed by atoms with E-state index in [1.54, 1.807) is 10.6 Å². The molecular formula is C19H19N3O6S2. The molecule has 0 aliphatic carbocycles. The second kappa shape index (κ2) is 8.86. The fraction of sp³-hybridized carbons (Fsp3) is 0.263. The number of nitrogens with zero attached hydrogens (tertiary/aromatic N) is 3. The first-order valence-corrected chi connectivity index (χ1v) is 11.7. The van der Waals surface area contributed by atoms with Crippen molar-refractivity contribution in [1.29, 1.82) is 0 Å². The molecule has 0 atom stereocenters. The molecule has 30 heavy (non-hydrogen) atoms. The molecule has 3 rings (SSSR count). The molecule has 2 aromatic carbocycles. The predicted molar refractivity (Wildman–Crippen MR) is 112 cm³/mol. The number of sulfone groups is 1. The third-order valence-electron chi connectivity index (χ3n) is 4.27. The van der Waals surface area contributed by atoms with Crippen molar-refractivity contribution >= 4 is 43.0 Å². The van der Waals surface area contributed by atoms with Gasteiger partial charge < -0.3 is 9.30 Å². The number of nitro benzene ring substituents is 1. The van der Waals surface area contributed by atoms with Crippen LogP contribution in [0.2, 0.25) is 0 Å². The highest BCUT2D eigenvalue weighted by Crippen LogP contribution is 2.23. The van der Waals surface area contributed by atoms with Gasteiger partial charge in [-0.2, -0.15) is 4.99 Å². The van der Waals surface area contributed by atoms with Crippen LogP contribution in [0.5, 0.6) is 0 Å². The van der Waals surface area contributed by atoms with Crippen molar-refractivity contribution in [3.8, 4) is 0 Å². The first-order chi connectivity index (χ1) is 14.2. The molecule has 0 aliphatic heterocycles. The summed E-state index contributed by atoms with van der Waals surface area (Å²) in [7, 11) is -3.37. The SMILES string of the molecule is CCOCCn1c(=NC(=O)c2ccc(S(C)(=O)=O)cc2)sc2ccc([N+](=O)[O-])cc21. The number of hydrogen-bond donors (Lipinski definition) is 0. The van der Waals surface area contributed by atoms with Gasteiger partial charge in [-0.1, -0.05) is 11.3 Å². The van der Waals surface area contributed by atoms with Crippen LogP contribution in [0.3, 0.4) is 0 Å². The van der Waals surface area contributed by atoms with Gasteiger partial charge >= 0.3 is 0 Å². The van der Waals surface area contributed by atoms with E-state index in [1.807, 2.05) is 6.92 Å². The van der Waals surface area contributed by atoms with Crippen molar-refractivity contribution in [1.82, 2.24) is 4.57 Å². The van der Waals surface area contributed by atoms with Crippen molar-refractivity contribution in [2.24, 2.45) is 4.99 Å². The van der Waals surface area contributed by atoms with E-state index >= 15 is 0 Å². The molecule has 0 N–H and O–H groups in total. The molecule has 11 heteroatoms. The molecule has 0 aliphatic rings. The quantitative estimate of drug-likeness (QED) is 0.311. The van der Waals surface area contributed by atoms with Gasteiger partial charge in [-0.25, -0.2) is 8.42 Å². The van der Waals surface area contributed by atoms with E-state index in [-0.39, 0.29) is 16.1 Å². The Morgan fingerprint density at radius 2 is 1.93 bits per heavy atom. The van der Waals surface area contributed by atoms with Gasteiger partial charge in [-0.15, -0.1) is 0 Å². The van der Waals surface area contributed by atoms with Crippen molar-refractivity contribution in [3.05, 3.63) is 62.9 Å². The van der Waals surface area contributed by atoms with Crippen molar-refractivity contribution < 1.29 is 22.9 Å². The van der Waals surface area contributed by atoms with Gasteiger partial charge in [0.1, 0.15) is 0 Å². The van der Waals surface area contributed by atoms with Crippen molar-refractivity contribution in [2.45, 2.75) is 18.4 Å². The minimum Gasteiger partial charge on any atom is -0.380 e. The number of carbonyl (C=O) groups excluding carboxylic acids is 1. The molecule has 0 bridgehead atoms. The van der Waals surface area contributed by atoms with Crippen LogP contribution in [0.15, 0.2) is 52.4 Å². The Kier molecular flexibility index (Phi) is 6.44. The third kappa shape index (κ3) is 4.81. The summed E-state index contributed by atoms with van der Waals surface area (Å²) in [6.07, 6.45) is 1.09. The van der Waals surface area contributed by atoms with Gasteiger partial charge in [0.25, 0.3) is 11.6 Å². The minimum absolute atomic E-state index is 0.0558. The molecule has 0 saturated carbocycles. The summed E-state index contributed by atoms with van der Waals surface area (Å²) in [6.45, 7) is 3.10. The van der Waals surface area contributed by atoms with Gasteiger partial charge in [0.05, 0.1) is 26.6 Å². The second-order valence-electron chi connectivity index (χ2n) is 6.36. The maximum Gasteiger partial charge on any atom is 0.279 e. The Morgan fingerprint density at radius 1 is 1.23 bits per heavy atom. The number of carbonyl (C=O) groups is 1. The largest absolute Gasteiger partial charge is 0.380 e. The summed E-state index contributed by atoms with van der Waals surface area (Å²) in [5.41, 5.74) is 0.773. The molecule has 1 heterocycles. The predicted octanol–water partition coefficient (Wildman–Crippen LogP) is 2.79. The summed E-state index contributed by atoms with van der Waals surface area (Å²) in [6, 6.07) is 10.0. The van der Waals surface area contributed by atoms with Crippen LogP contribution >= 0.6 is 11.3 Å². The van der Waals surface area contributed by atoms with Crippen LogP contribution in [-0.4, -0.2) is 43.3 Å². The Hall–Kier alpha value is -2.89. The van der Waals surface area contributed by atoms with Gasteiger partial charge in [0.15, 0.2) is 14.6 Å². The van der Waals surface area contributed by atoms with Gasteiger partial charge in [-0.3, -0.25) is 14.9 Å². The van der Waals surface area contributed by atoms with E-state index in [0.717, 1.165) is 11.0 Å². The van der Waals surface area contributed by atoms with Crippen LogP contribution in [0.4, 0.5) is 5.69 Å². The summed E-state index contributed by atoms with van der Waals surface area (Å²) >= 11 is 1.23. The third-order valence-corrected chi connectivity index (χ3v) is 6.45. The average molecular weight is 450 g/mol. The molecule has 158 valence electrons. The molecule has 3 aromatic rings. The Labute approximate surface area is 176 Å². The van der Waals surface area contributed by atoms with E-state index in [1.165, 1.54) is 47.7 Å².